The van der Waals surface area contributed by atoms with Crippen LogP contribution in [-0.4, -0.2) is 32.6 Å². The second kappa shape index (κ2) is 4.07. The third-order valence-corrected chi connectivity index (χ3v) is 1.20. The van der Waals surface area contributed by atoms with Crippen LogP contribution in [0.25, 0.3) is 0 Å². The Labute approximate surface area is 69.0 Å². The lowest BCUT2D eigenvalue weighted by atomic mass is 10.8. The van der Waals surface area contributed by atoms with Crippen molar-refractivity contribution in [3.05, 3.63) is 0 Å². The minimum Gasteiger partial charge on any atom is -0.322 e. The Kier molecular flexibility index (Phi) is 3.31. The second-order valence-corrected chi connectivity index (χ2v) is 1.81. The molecule has 0 aromatic carbocycles. The molecule has 12 heavy (non-hydrogen) atoms. The summed E-state index contributed by atoms with van der Waals surface area (Å²) in [6, 6.07) is -1.31. The van der Waals surface area contributed by atoms with Gasteiger partial charge in [-0.25, -0.2) is 4.84 Å². The molecule has 1 saturated heterocycles. The quantitative estimate of drug-likeness (QED) is 0.398. The number of methoxy groups -OCH3 is 1. The minimum atomic E-state index is -1.31. The van der Waals surface area contributed by atoms with E-state index in [1.54, 1.807) is 0 Å². The van der Waals surface area contributed by atoms with Crippen molar-refractivity contribution in [3.8, 4) is 0 Å². The molecular weight excluding hydrogens is 170 g/mol. The molecule has 8 nitrogen and oxygen atoms in total. The standard InChI is InChI=1S/C4H11N3O5/c1-8-4(11-6-9-2)5-12-7(4)10-3/h5-6H,1-3H3. The molecule has 0 bridgehead atoms. The zero-order valence-corrected chi connectivity index (χ0v) is 6.99. The third-order valence-electron chi connectivity index (χ3n) is 1.20. The first-order valence-electron chi connectivity index (χ1n) is 3.08. The van der Waals surface area contributed by atoms with E-state index in [0.29, 0.717) is 0 Å². The largest absolute Gasteiger partial charge is 0.384 e. The first kappa shape index (κ1) is 9.77. The van der Waals surface area contributed by atoms with Gasteiger partial charge in [0.05, 0.1) is 14.2 Å². The van der Waals surface area contributed by atoms with Crippen molar-refractivity contribution in [1.29, 1.82) is 0 Å². The van der Waals surface area contributed by atoms with E-state index in [4.69, 9.17) is 14.4 Å². The number of hydroxylamine groups is 3. The van der Waals surface area contributed by atoms with E-state index in [-0.39, 0.29) is 0 Å². The first-order chi connectivity index (χ1) is 5.79. The van der Waals surface area contributed by atoms with Gasteiger partial charge in [-0.1, -0.05) is 5.64 Å². The molecule has 0 radical (unpaired) electrons. The highest BCUT2D eigenvalue weighted by atomic mass is 17.2. The van der Waals surface area contributed by atoms with E-state index < -0.39 is 6.03 Å². The van der Waals surface area contributed by atoms with Crippen LogP contribution in [0.15, 0.2) is 0 Å². The zero-order valence-electron chi connectivity index (χ0n) is 6.99. The Morgan fingerprint density at radius 2 is 2.17 bits per heavy atom. The predicted octanol–water partition coefficient (Wildman–Crippen LogP) is -1.36. The summed E-state index contributed by atoms with van der Waals surface area (Å²) < 4.78 is 4.88. The van der Waals surface area contributed by atoms with Crippen molar-refractivity contribution in [2.75, 3.05) is 21.3 Å². The van der Waals surface area contributed by atoms with Crippen molar-refractivity contribution < 1.29 is 24.2 Å². The fraction of sp³-hybridized carbons (Fsp3) is 1.00. The lowest BCUT2D eigenvalue weighted by Crippen LogP contribution is -2.73. The van der Waals surface area contributed by atoms with Gasteiger partial charge in [-0.2, -0.15) is 4.94 Å². The molecule has 72 valence electrons. The van der Waals surface area contributed by atoms with Crippen LogP contribution in [0, 0.1) is 0 Å². The summed E-state index contributed by atoms with van der Waals surface area (Å²) in [5.41, 5.74) is 4.48. The fourth-order valence-corrected chi connectivity index (χ4v) is 0.629. The highest BCUT2D eigenvalue weighted by Crippen LogP contribution is 2.22. The Morgan fingerprint density at radius 1 is 1.42 bits per heavy atom. The van der Waals surface area contributed by atoms with E-state index in [1.165, 1.54) is 21.3 Å². The van der Waals surface area contributed by atoms with Crippen LogP contribution < -0.4 is 11.1 Å². The molecule has 0 aromatic rings. The van der Waals surface area contributed by atoms with Crippen LogP contribution in [0.1, 0.15) is 0 Å². The van der Waals surface area contributed by atoms with E-state index in [0.717, 1.165) is 5.23 Å². The van der Waals surface area contributed by atoms with Gasteiger partial charge in [0.25, 0.3) is 0 Å². The first-order valence-corrected chi connectivity index (χ1v) is 3.08. The van der Waals surface area contributed by atoms with Crippen molar-refractivity contribution >= 4 is 0 Å². The monoisotopic (exact) mass is 181 g/mol. The summed E-state index contributed by atoms with van der Waals surface area (Å²) in [5, 5.41) is 0.957. The molecule has 8 heteroatoms. The Morgan fingerprint density at radius 3 is 2.50 bits per heavy atom. The normalized spacial score (nSPS) is 30.2. The molecule has 1 rings (SSSR count). The third kappa shape index (κ3) is 1.55. The van der Waals surface area contributed by atoms with Crippen LogP contribution in [-0.2, 0) is 24.2 Å². The Bertz CT molecular complexity index is 141. The van der Waals surface area contributed by atoms with Gasteiger partial charge in [0.2, 0.25) is 0 Å². The van der Waals surface area contributed by atoms with E-state index in [1.807, 2.05) is 0 Å². The Balaban J connectivity index is 2.40. The second-order valence-electron chi connectivity index (χ2n) is 1.81. The average Bonchev–Trinajstić information content (AvgIpc) is 2.06. The molecule has 1 heterocycles. The summed E-state index contributed by atoms with van der Waals surface area (Å²) in [7, 11) is 4.18. The molecular formula is C4H11N3O5. The van der Waals surface area contributed by atoms with Crippen molar-refractivity contribution in [2.45, 2.75) is 6.03 Å². The molecule has 0 aromatic heterocycles. The molecule has 1 unspecified atom stereocenters. The van der Waals surface area contributed by atoms with Gasteiger partial charge in [0, 0.05) is 12.3 Å². The van der Waals surface area contributed by atoms with Crippen LogP contribution in [0.3, 0.4) is 0 Å². The smallest absolute Gasteiger partial charge is 0.322 e. The predicted molar refractivity (Wildman–Crippen MR) is 34.0 cm³/mol. The van der Waals surface area contributed by atoms with Gasteiger partial charge >= 0.3 is 6.03 Å². The van der Waals surface area contributed by atoms with Crippen LogP contribution in [0.5, 0.6) is 0 Å². The maximum Gasteiger partial charge on any atom is 0.384 e. The van der Waals surface area contributed by atoms with Gasteiger partial charge in [0.1, 0.15) is 0 Å². The molecule has 1 aliphatic heterocycles. The Hall–Kier alpha value is -0.320. The fourth-order valence-electron chi connectivity index (χ4n) is 0.629. The number of nitrogens with zero attached hydrogens (tertiary/aromatic N) is 1. The number of hydrogen-bond acceptors (Lipinski definition) is 8. The van der Waals surface area contributed by atoms with Crippen LogP contribution in [0.2, 0.25) is 0 Å². The number of ether oxygens (including phenoxy) is 1. The van der Waals surface area contributed by atoms with Gasteiger partial charge < -0.3 is 4.74 Å². The maximum atomic E-state index is 4.88. The van der Waals surface area contributed by atoms with Crippen molar-refractivity contribution in [3.63, 3.8) is 0 Å². The van der Waals surface area contributed by atoms with Crippen LogP contribution in [0.4, 0.5) is 0 Å². The van der Waals surface area contributed by atoms with Crippen molar-refractivity contribution in [2.24, 2.45) is 0 Å². The summed E-state index contributed by atoms with van der Waals surface area (Å²) in [6.07, 6.45) is 0. The number of nitrogens with one attached hydrogen (secondary N) is 2. The van der Waals surface area contributed by atoms with Crippen LogP contribution >= 0.6 is 0 Å². The molecule has 1 aliphatic rings. The van der Waals surface area contributed by atoms with Crippen molar-refractivity contribution in [1.82, 2.24) is 16.4 Å². The van der Waals surface area contributed by atoms with E-state index >= 15 is 0 Å². The topological polar surface area (TPSA) is 73.5 Å². The molecule has 0 spiro atoms. The summed E-state index contributed by atoms with van der Waals surface area (Å²) >= 11 is 0. The lowest BCUT2D eigenvalue weighted by Gasteiger charge is -2.44. The summed E-state index contributed by atoms with van der Waals surface area (Å²) in [5.74, 6) is 0. The highest BCUT2D eigenvalue weighted by molar-refractivity contribution is 4.54. The number of rotatable bonds is 5. The molecule has 1 fully saturated rings. The minimum absolute atomic E-state index is 0.957. The number of hydrogen-bond donors (Lipinski definition) is 2. The van der Waals surface area contributed by atoms with Gasteiger partial charge in [-0.3, -0.25) is 9.68 Å². The molecule has 0 saturated carbocycles. The molecule has 1 atom stereocenters. The lowest BCUT2D eigenvalue weighted by molar-refractivity contribution is -0.652. The van der Waals surface area contributed by atoms with E-state index in [2.05, 4.69) is 20.9 Å². The summed E-state index contributed by atoms with van der Waals surface area (Å²) in [4.78, 5) is 18.6. The highest BCUT2D eigenvalue weighted by Gasteiger charge is 2.52. The van der Waals surface area contributed by atoms with Gasteiger partial charge in [-0.05, 0) is 0 Å². The van der Waals surface area contributed by atoms with E-state index in [9.17, 15) is 0 Å². The van der Waals surface area contributed by atoms with Gasteiger partial charge in [0.15, 0.2) is 0 Å². The SMILES string of the molecule is CONOC1(OC)NON1OC. The molecule has 0 amide bonds. The maximum absolute atomic E-state index is 4.88. The molecule has 2 N–H and O–H groups in total. The molecule has 0 aliphatic carbocycles. The average molecular weight is 181 g/mol. The summed E-state index contributed by atoms with van der Waals surface area (Å²) in [6.45, 7) is 0. The zero-order chi connectivity index (χ0) is 9.03. The van der Waals surface area contributed by atoms with Gasteiger partial charge in [-0.15, -0.1) is 5.48 Å².